The topological polar surface area (TPSA) is 72.7 Å². The minimum atomic E-state index is -0.277. The highest BCUT2D eigenvalue weighted by molar-refractivity contribution is 7.18. The predicted octanol–water partition coefficient (Wildman–Crippen LogP) is 2.20. The molecule has 8 heteroatoms. The van der Waals surface area contributed by atoms with Crippen LogP contribution in [-0.4, -0.2) is 31.5 Å². The van der Waals surface area contributed by atoms with E-state index in [1.54, 1.807) is 11.0 Å². The van der Waals surface area contributed by atoms with Crippen LogP contribution in [0.15, 0.2) is 12.7 Å². The molecule has 102 valence electrons. The zero-order valence-corrected chi connectivity index (χ0v) is 12.4. The summed E-state index contributed by atoms with van der Waals surface area (Å²) in [6.45, 7) is 6.15. The summed E-state index contributed by atoms with van der Waals surface area (Å²) in [6.07, 6.45) is 3.07. The third kappa shape index (κ3) is 3.10. The van der Waals surface area contributed by atoms with E-state index in [2.05, 4.69) is 41.2 Å². The first-order chi connectivity index (χ1) is 8.91. The number of anilines is 1. The van der Waals surface area contributed by atoms with Gasteiger partial charge in [-0.05, 0) is 0 Å². The lowest BCUT2D eigenvalue weighted by Gasteiger charge is -2.16. The van der Waals surface area contributed by atoms with Crippen molar-refractivity contribution in [2.24, 2.45) is 0 Å². The van der Waals surface area contributed by atoms with E-state index in [9.17, 15) is 4.79 Å². The number of thiazole rings is 1. The van der Waals surface area contributed by atoms with E-state index in [0.29, 0.717) is 5.13 Å². The van der Waals surface area contributed by atoms with Gasteiger partial charge in [0.25, 0.3) is 0 Å². The molecule has 2 aromatic rings. The summed E-state index contributed by atoms with van der Waals surface area (Å²) in [5.74, 6) is -0.371. The summed E-state index contributed by atoms with van der Waals surface area (Å²) in [5.41, 5.74) is 0.690. The maximum atomic E-state index is 11.3. The van der Waals surface area contributed by atoms with Crippen LogP contribution in [0.4, 0.5) is 5.13 Å². The summed E-state index contributed by atoms with van der Waals surface area (Å²) < 4.78 is 1.65. The Morgan fingerprint density at radius 1 is 1.53 bits per heavy atom. The van der Waals surface area contributed by atoms with Crippen LogP contribution in [0.3, 0.4) is 0 Å². The van der Waals surface area contributed by atoms with Crippen molar-refractivity contribution in [2.45, 2.75) is 26.2 Å². The third-order valence-corrected chi connectivity index (χ3v) is 3.52. The number of nitrogens with zero attached hydrogens (tertiary/aromatic N) is 4. The van der Waals surface area contributed by atoms with Gasteiger partial charge in [0.1, 0.15) is 23.5 Å². The molecule has 0 saturated carbocycles. The van der Waals surface area contributed by atoms with Gasteiger partial charge < -0.3 is 5.32 Å². The summed E-state index contributed by atoms with van der Waals surface area (Å²) in [7, 11) is 0. The quantitative estimate of drug-likeness (QED) is 0.882. The van der Waals surface area contributed by atoms with E-state index in [1.165, 1.54) is 17.7 Å². The monoisotopic (exact) mass is 299 g/mol. The van der Waals surface area contributed by atoms with E-state index in [-0.39, 0.29) is 17.2 Å². The molecule has 19 heavy (non-hydrogen) atoms. The number of hydrogen-bond acceptors (Lipinski definition) is 5. The first-order valence-electron chi connectivity index (χ1n) is 5.64. The number of rotatable bonds is 3. The maximum Gasteiger partial charge on any atom is 0.241 e. The molecule has 2 aromatic heterocycles. The number of carbonyl (C=O) groups is 1. The van der Waals surface area contributed by atoms with Crippen molar-refractivity contribution in [2.75, 3.05) is 11.2 Å². The number of nitrogens with one attached hydrogen (secondary N) is 1. The lowest BCUT2D eigenvalue weighted by molar-refractivity contribution is -0.113. The highest BCUT2D eigenvalue weighted by Gasteiger charge is 2.25. The summed E-state index contributed by atoms with van der Waals surface area (Å²) in [6, 6.07) is 0. The lowest BCUT2D eigenvalue weighted by atomic mass is 9.92. The molecular weight excluding hydrogens is 286 g/mol. The second kappa shape index (κ2) is 5.26. The number of aromatic nitrogens is 4. The van der Waals surface area contributed by atoms with Crippen molar-refractivity contribution < 1.29 is 4.79 Å². The van der Waals surface area contributed by atoms with Crippen LogP contribution in [0.1, 0.15) is 26.5 Å². The summed E-state index contributed by atoms with van der Waals surface area (Å²) >= 11 is 6.82. The fourth-order valence-corrected chi connectivity index (χ4v) is 2.66. The normalized spacial score (nSPS) is 11.6. The molecule has 1 N–H and O–H groups in total. The molecule has 0 radical (unpaired) electrons. The van der Waals surface area contributed by atoms with Crippen molar-refractivity contribution in [3.05, 3.63) is 18.3 Å². The van der Waals surface area contributed by atoms with Gasteiger partial charge in [-0.1, -0.05) is 32.1 Å². The SMILES string of the molecule is CC(C)(C)c1nc(NC(=O)CCl)sc1-n1cncn1. The number of carbonyl (C=O) groups excluding carboxylic acids is 1. The van der Waals surface area contributed by atoms with Crippen LogP contribution >= 0.6 is 22.9 Å². The largest absolute Gasteiger partial charge is 0.301 e. The Morgan fingerprint density at radius 2 is 2.26 bits per heavy atom. The molecule has 1 amide bonds. The Hall–Kier alpha value is -1.47. The van der Waals surface area contributed by atoms with Gasteiger partial charge in [-0.15, -0.1) is 11.6 Å². The smallest absolute Gasteiger partial charge is 0.241 e. The first kappa shape index (κ1) is 14.0. The maximum absolute atomic E-state index is 11.3. The Morgan fingerprint density at radius 3 is 2.79 bits per heavy atom. The van der Waals surface area contributed by atoms with Crippen molar-refractivity contribution >= 4 is 34.0 Å². The van der Waals surface area contributed by atoms with E-state index in [4.69, 9.17) is 11.6 Å². The van der Waals surface area contributed by atoms with Crippen molar-refractivity contribution in [3.8, 4) is 5.00 Å². The van der Waals surface area contributed by atoms with Gasteiger partial charge in [0.15, 0.2) is 5.13 Å². The summed E-state index contributed by atoms with van der Waals surface area (Å²) in [4.78, 5) is 19.7. The molecule has 0 aliphatic carbocycles. The van der Waals surface area contributed by atoms with Crippen LogP contribution in [0.25, 0.3) is 5.00 Å². The van der Waals surface area contributed by atoms with Crippen molar-refractivity contribution in [1.82, 2.24) is 19.7 Å². The zero-order chi connectivity index (χ0) is 14.0. The molecule has 0 bridgehead atoms. The van der Waals surface area contributed by atoms with E-state index < -0.39 is 0 Å². The lowest BCUT2D eigenvalue weighted by Crippen LogP contribution is -2.16. The van der Waals surface area contributed by atoms with E-state index >= 15 is 0 Å². The fraction of sp³-hybridized carbons (Fsp3) is 0.455. The molecule has 0 saturated heterocycles. The zero-order valence-electron chi connectivity index (χ0n) is 10.8. The second-order valence-corrected chi connectivity index (χ2v) is 6.19. The molecule has 0 aliphatic rings. The van der Waals surface area contributed by atoms with Gasteiger partial charge in [-0.3, -0.25) is 4.79 Å². The Bertz CT molecular complexity index is 572. The molecule has 0 atom stereocenters. The first-order valence-corrected chi connectivity index (χ1v) is 6.99. The Balaban J connectivity index is 2.43. The number of hydrogen-bond donors (Lipinski definition) is 1. The third-order valence-electron chi connectivity index (χ3n) is 2.31. The molecule has 0 unspecified atom stereocenters. The Labute approximate surface area is 119 Å². The molecule has 6 nitrogen and oxygen atoms in total. The van der Waals surface area contributed by atoms with Gasteiger partial charge >= 0.3 is 0 Å². The highest BCUT2D eigenvalue weighted by atomic mass is 35.5. The average molecular weight is 300 g/mol. The van der Waals surface area contributed by atoms with Crippen LogP contribution in [-0.2, 0) is 10.2 Å². The number of amides is 1. The van der Waals surface area contributed by atoms with Gasteiger partial charge in [-0.2, -0.15) is 5.10 Å². The van der Waals surface area contributed by atoms with Crippen LogP contribution in [0, 0.1) is 0 Å². The minimum Gasteiger partial charge on any atom is -0.301 e. The fourth-order valence-electron chi connectivity index (χ4n) is 1.48. The van der Waals surface area contributed by atoms with Crippen LogP contribution < -0.4 is 5.32 Å². The standard InChI is InChI=1S/C11H14ClN5OS/c1-11(2,3)8-9(17-6-13-5-14-17)19-10(16-8)15-7(18)4-12/h5-6H,4H2,1-3H3,(H,15,16,18). The second-order valence-electron chi connectivity index (χ2n) is 4.94. The number of halogens is 1. The molecule has 0 fully saturated rings. The highest BCUT2D eigenvalue weighted by Crippen LogP contribution is 2.34. The van der Waals surface area contributed by atoms with Gasteiger partial charge in [0.05, 0.1) is 5.69 Å². The van der Waals surface area contributed by atoms with Gasteiger partial charge in [0.2, 0.25) is 5.91 Å². The molecule has 2 rings (SSSR count). The molecular formula is C11H14ClN5OS. The van der Waals surface area contributed by atoms with Gasteiger partial charge in [0, 0.05) is 5.41 Å². The molecule has 0 aliphatic heterocycles. The van der Waals surface area contributed by atoms with Crippen LogP contribution in [0.2, 0.25) is 0 Å². The Kier molecular flexibility index (Phi) is 3.86. The van der Waals surface area contributed by atoms with E-state index in [0.717, 1.165) is 10.7 Å². The number of alkyl halides is 1. The predicted molar refractivity (Wildman–Crippen MR) is 75.1 cm³/mol. The van der Waals surface area contributed by atoms with Crippen LogP contribution in [0.5, 0.6) is 0 Å². The average Bonchev–Trinajstić information content (AvgIpc) is 2.94. The minimum absolute atomic E-state index is 0.0942. The molecule has 0 aromatic carbocycles. The van der Waals surface area contributed by atoms with Crippen molar-refractivity contribution in [1.29, 1.82) is 0 Å². The van der Waals surface area contributed by atoms with Crippen molar-refractivity contribution in [3.63, 3.8) is 0 Å². The van der Waals surface area contributed by atoms with E-state index in [1.807, 2.05) is 0 Å². The van der Waals surface area contributed by atoms with Gasteiger partial charge in [-0.25, -0.2) is 14.6 Å². The molecule has 2 heterocycles. The molecule has 0 spiro atoms. The summed E-state index contributed by atoms with van der Waals surface area (Å²) in [5, 5.41) is 8.13.